The molecule has 0 heterocycles. The van der Waals surface area contributed by atoms with Crippen LogP contribution in [0, 0.1) is 48.5 Å². The summed E-state index contributed by atoms with van der Waals surface area (Å²) in [6.45, 7) is 14.0. The molecule has 0 aliphatic heterocycles. The normalized spacial score (nSPS) is 10.5. The van der Waals surface area contributed by atoms with Crippen LogP contribution in [-0.4, -0.2) is 12.2 Å². The number of benzene rings is 16. The molecule has 0 bridgehead atoms. The second-order valence-corrected chi connectivity index (χ2v) is 33.9. The maximum absolute atomic E-state index is 13.0. The van der Waals surface area contributed by atoms with Crippen LogP contribution in [-0.2, 0) is 12.8 Å². The first-order valence-corrected chi connectivity index (χ1v) is 43.6. The highest BCUT2D eigenvalue weighted by atomic mass is 35.5. The zero-order valence-corrected chi connectivity index (χ0v) is 77.6. The number of alkyl halides is 3. The lowest BCUT2D eigenvalue weighted by atomic mass is 9.89. The fourth-order valence-electron chi connectivity index (χ4n) is 13.6. The van der Waals surface area contributed by atoms with Crippen LogP contribution in [0.3, 0.4) is 0 Å². The van der Waals surface area contributed by atoms with E-state index in [0.717, 1.165) is 119 Å². The average Bonchev–Trinajstić information content (AvgIpc) is 0.816. The Balaban J connectivity index is 0.000000171. The fourth-order valence-corrected chi connectivity index (χ4v) is 15.8. The number of aliphatic hydroxyl groups is 1. The molecule has 132 heavy (non-hydrogen) atoms. The summed E-state index contributed by atoms with van der Waals surface area (Å²) in [6, 6.07) is 96.7. The van der Waals surface area contributed by atoms with Gasteiger partial charge in [0, 0.05) is 122 Å². The Bertz CT molecular complexity index is 6160. The number of anilines is 16. The molecule has 0 radical (unpaired) electrons. The number of aryl methyl sites for hydroxylation is 7. The van der Waals surface area contributed by atoms with Crippen molar-refractivity contribution in [3.8, 4) is 72.9 Å². The highest BCUT2D eigenvalue weighted by molar-refractivity contribution is 7.99. The van der Waals surface area contributed by atoms with Crippen LogP contribution in [0.1, 0.15) is 50.1 Å². The Labute approximate surface area is 788 Å². The first-order chi connectivity index (χ1) is 62.7. The minimum absolute atomic E-state index is 0.0776. The number of halogens is 5. The molecular formula is C106H111Cl2F3N16O3S2. The Kier molecular flexibility index (Phi) is 36.1. The molecule has 33 N–H and O–H groups in total. The monoisotopic (exact) mass is 1850 g/mol. The Morgan fingerprint density at radius 3 is 0.902 bits per heavy atom. The van der Waals surface area contributed by atoms with Crippen molar-refractivity contribution < 1.29 is 27.8 Å². The summed E-state index contributed by atoms with van der Waals surface area (Å²) >= 11 is 15.7. The quantitative estimate of drug-likeness (QED) is 0.0477. The van der Waals surface area contributed by atoms with Crippen LogP contribution < -0.4 is 101 Å². The predicted octanol–water partition coefficient (Wildman–Crippen LogP) is 25.2. The summed E-state index contributed by atoms with van der Waals surface area (Å²) in [4.78, 5) is 4.80. The third-order valence-corrected chi connectivity index (χ3v) is 22.9. The number of ether oxygens (including phenoxy) is 2. The van der Waals surface area contributed by atoms with E-state index >= 15 is 0 Å². The van der Waals surface area contributed by atoms with E-state index in [4.69, 9.17) is 124 Å². The molecule has 0 atom stereocenters. The summed E-state index contributed by atoms with van der Waals surface area (Å²) in [5, 5.41) is 10.4. The van der Waals surface area contributed by atoms with Crippen LogP contribution in [0.2, 0.25) is 10.0 Å². The van der Waals surface area contributed by atoms with E-state index in [1.807, 2.05) is 208 Å². The lowest BCUT2D eigenvalue weighted by Gasteiger charge is -2.17. The summed E-state index contributed by atoms with van der Waals surface area (Å²) < 4.78 is 49.9. The highest BCUT2D eigenvalue weighted by Crippen LogP contribution is 2.42. The summed E-state index contributed by atoms with van der Waals surface area (Å²) in [6.07, 6.45) is -4.45. The van der Waals surface area contributed by atoms with Gasteiger partial charge in [-0.05, 0) is 387 Å². The third-order valence-electron chi connectivity index (χ3n) is 20.2. The van der Waals surface area contributed by atoms with Gasteiger partial charge < -0.3 is 106 Å². The van der Waals surface area contributed by atoms with Gasteiger partial charge in [0.1, 0.15) is 17.2 Å². The van der Waals surface area contributed by atoms with Gasteiger partial charge in [-0.3, -0.25) is 0 Å². The molecule has 0 aliphatic carbocycles. The zero-order chi connectivity index (χ0) is 96.2. The van der Waals surface area contributed by atoms with Crippen molar-refractivity contribution in [1.82, 2.24) is 0 Å². The van der Waals surface area contributed by atoms with Crippen molar-refractivity contribution in [3.05, 3.63) is 376 Å². The zero-order valence-electron chi connectivity index (χ0n) is 74.4. The minimum atomic E-state index is -4.45. The molecule has 16 aromatic rings. The molecular weight excluding hydrogens is 1740 g/mol. The second kappa shape index (κ2) is 47.3. The van der Waals surface area contributed by atoms with Crippen molar-refractivity contribution in [2.75, 3.05) is 98.8 Å². The van der Waals surface area contributed by atoms with Crippen LogP contribution in [0.4, 0.5) is 104 Å². The van der Waals surface area contributed by atoms with Crippen LogP contribution in [0.15, 0.2) is 335 Å². The van der Waals surface area contributed by atoms with Crippen molar-refractivity contribution in [2.24, 2.45) is 0 Å². The SMILES string of the molecule is COc1cc(-c2ccc(N)c(CO)c2)ccc1N.Cc1cc(N)cc(C)c1-c1c(C)cc(N)cc1C.Cc1cc(N)cc(C)c1N.Cc1cc(N)ccc1-c1ccc(N)cc1C(F)(F)F.Nc1ccc(-c2ccc(N)cc2)cc1.Nc1ccc(-c2ccc(N)cc2Cl)c(Cl)c1.Nc1ccc(Oc2ccc(N)cc2)cc1.Nc1ccc(Sc2ccc(Sc3ccc(N)cc3)cc2)cc1. The van der Waals surface area contributed by atoms with Crippen molar-refractivity contribution in [2.45, 2.75) is 80.8 Å². The molecule has 0 aliphatic rings. The number of rotatable bonds is 13. The van der Waals surface area contributed by atoms with Crippen LogP contribution >= 0.6 is 46.7 Å². The molecule has 680 valence electrons. The first kappa shape index (κ1) is 101. The van der Waals surface area contributed by atoms with Crippen molar-refractivity contribution in [3.63, 3.8) is 0 Å². The molecule has 26 heteroatoms. The van der Waals surface area contributed by atoms with E-state index in [1.165, 1.54) is 65.1 Å². The van der Waals surface area contributed by atoms with Gasteiger partial charge in [-0.1, -0.05) is 107 Å². The fraction of sp³-hybridized carbons (Fsp3) is 0.0943. The molecule has 16 rings (SSSR count). The maximum atomic E-state index is 13.0. The van der Waals surface area contributed by atoms with Gasteiger partial charge in [0.25, 0.3) is 0 Å². The highest BCUT2D eigenvalue weighted by Gasteiger charge is 2.34. The van der Waals surface area contributed by atoms with Gasteiger partial charge in [0.2, 0.25) is 0 Å². The first-order valence-electron chi connectivity index (χ1n) is 41.2. The molecule has 0 saturated heterocycles. The molecule has 0 aromatic heterocycles. The van der Waals surface area contributed by atoms with E-state index in [9.17, 15) is 18.3 Å². The van der Waals surface area contributed by atoms with Gasteiger partial charge >= 0.3 is 6.18 Å². The minimum Gasteiger partial charge on any atom is -0.495 e. The lowest BCUT2D eigenvalue weighted by molar-refractivity contribution is -0.137. The van der Waals surface area contributed by atoms with Crippen LogP contribution in [0.5, 0.6) is 17.2 Å². The number of aliphatic hydroxyl groups excluding tert-OH is 1. The van der Waals surface area contributed by atoms with E-state index in [1.54, 1.807) is 116 Å². The van der Waals surface area contributed by atoms with E-state index in [2.05, 4.69) is 52.0 Å². The molecule has 0 fully saturated rings. The number of hydrogen-bond donors (Lipinski definition) is 17. The molecule has 19 nitrogen and oxygen atoms in total. The van der Waals surface area contributed by atoms with E-state index in [0.29, 0.717) is 60.9 Å². The average molecular weight is 1850 g/mol. The van der Waals surface area contributed by atoms with Gasteiger partial charge in [-0.25, -0.2) is 0 Å². The Morgan fingerprint density at radius 2 is 0.561 bits per heavy atom. The Morgan fingerprint density at radius 1 is 0.280 bits per heavy atom. The van der Waals surface area contributed by atoms with E-state index in [-0.39, 0.29) is 17.9 Å². The topological polar surface area (TPSA) is 455 Å². The van der Waals surface area contributed by atoms with E-state index < -0.39 is 11.7 Å². The van der Waals surface area contributed by atoms with Crippen molar-refractivity contribution in [1.29, 1.82) is 0 Å². The smallest absolute Gasteiger partial charge is 0.417 e. The van der Waals surface area contributed by atoms with Crippen molar-refractivity contribution >= 4 is 138 Å². The second-order valence-electron chi connectivity index (χ2n) is 30.8. The summed E-state index contributed by atoms with van der Waals surface area (Å²) in [7, 11) is 1.58. The number of nitrogen functional groups attached to an aromatic ring is 16. The molecule has 0 saturated carbocycles. The third kappa shape index (κ3) is 30.0. The summed E-state index contributed by atoms with van der Waals surface area (Å²) in [5.74, 6) is 2.15. The molecule has 0 spiro atoms. The Hall–Kier alpha value is -15.1. The number of hydrogen-bond acceptors (Lipinski definition) is 21. The number of nitrogens with two attached hydrogens (primary N) is 16. The van der Waals surface area contributed by atoms with Gasteiger partial charge in [0.15, 0.2) is 0 Å². The van der Waals surface area contributed by atoms with Gasteiger partial charge in [0.05, 0.1) is 35.0 Å². The standard InChI is InChI=1S/C18H16N2S2.C16H20N2.C14H13F3N2.C14H16N2O2.C12H10Cl2N2.C12H12N2O.C12H12N2.C8H12N2/c19-13-1-5-15(6-2-13)21-17-9-11-18(12-10-17)22-16-7-3-14(20)4-8-16;1-9-5-13(17)6-10(2)15(9)16-11(3)7-14(18)8-12(16)4;1-8-6-9(18)2-4-11(8)12-5-3-10(19)7-13(12)14(15,16)17;1-18-14-7-10(3-5-13(14)16)9-2-4-12(15)11(6-9)8-17;13-11-5-7(15)1-3-9(11)10-4-2-8(16)6-12(10)14;13-9-1-5-11(6-2-9)15-12-7-3-10(14)4-8-12;13-11-5-1-9(2-6-11)10-3-7-12(14)8-4-10;1-5-3-7(9)4-6(2)8(5)10/h1-12H,19-20H2;5-8H,17-18H2,1-4H3;2-7H,18-19H2,1H3;2-7,17H,8,15-16H2,1H3;1-6H,15-16H2;1-8H,13-14H2;1-8H,13-14H2;3-4H,9-10H2,1-2H3. The molecule has 0 unspecified atom stereocenters. The molecule has 16 aromatic carbocycles. The number of methoxy groups -OCH3 is 1. The van der Waals surface area contributed by atoms with Gasteiger partial charge in [-0.15, -0.1) is 0 Å². The summed E-state index contributed by atoms with van der Waals surface area (Å²) in [5.41, 5.74) is 118. The lowest BCUT2D eigenvalue weighted by Crippen LogP contribution is -2.08. The maximum Gasteiger partial charge on any atom is 0.417 e. The largest absolute Gasteiger partial charge is 0.495 e. The van der Waals surface area contributed by atoms with Crippen LogP contribution in [0.25, 0.3) is 55.6 Å². The predicted molar refractivity (Wildman–Crippen MR) is 558 cm³/mol. The van der Waals surface area contributed by atoms with Gasteiger partial charge in [-0.2, -0.15) is 13.2 Å². The molecule has 0 amide bonds.